The van der Waals surface area contributed by atoms with E-state index in [-0.39, 0.29) is 0 Å². The van der Waals surface area contributed by atoms with Crippen LogP contribution in [0, 0.1) is 29.2 Å². The second kappa shape index (κ2) is 7.71. The predicted molar refractivity (Wildman–Crippen MR) is 82.0 cm³/mol. The number of rotatable bonds is 3. The molecule has 0 aliphatic heterocycles. The number of carbonyl (C=O) groups is 1. The Kier molecular flexibility index (Phi) is 5.77. The summed E-state index contributed by atoms with van der Waals surface area (Å²) in [6, 6.07) is 1.34. The molecule has 4 nitrogen and oxygen atoms in total. The maximum atomic E-state index is 14.3. The monoisotopic (exact) mass is 478 g/mol. The highest BCUT2D eigenvalue weighted by Crippen LogP contribution is 2.48. The quantitative estimate of drug-likeness (QED) is 0.270. The van der Waals surface area contributed by atoms with Crippen LogP contribution in [-0.2, 0) is 17.2 Å². The first-order chi connectivity index (χ1) is 14.6. The zero-order chi connectivity index (χ0) is 24.3. The highest BCUT2D eigenvalue weighted by Gasteiger charge is 2.50. The van der Waals surface area contributed by atoms with Crippen LogP contribution in [0.2, 0.25) is 0 Å². The van der Waals surface area contributed by atoms with Crippen LogP contribution in [-0.4, -0.2) is 16.1 Å². The van der Waals surface area contributed by atoms with Gasteiger partial charge in [-0.15, -0.1) is 0 Å². The van der Waals surface area contributed by atoms with E-state index < -0.39 is 87.3 Å². The molecule has 32 heavy (non-hydrogen) atoms. The third kappa shape index (κ3) is 3.61. The van der Waals surface area contributed by atoms with Crippen LogP contribution in [0.25, 0.3) is 0 Å². The van der Waals surface area contributed by atoms with Gasteiger partial charge in [0, 0.05) is 5.56 Å². The molecule has 0 bridgehead atoms. The molecule has 2 N–H and O–H groups in total. The van der Waals surface area contributed by atoms with Crippen LogP contribution in [0.1, 0.15) is 44.8 Å². The highest BCUT2D eigenvalue weighted by molar-refractivity contribution is 6.03. The summed E-state index contributed by atoms with van der Waals surface area (Å²) < 4.78 is 133. The van der Waals surface area contributed by atoms with E-state index in [9.17, 15) is 53.8 Å². The number of aliphatic hydroxyl groups is 1. The third-order valence-electron chi connectivity index (χ3n) is 4.91. The van der Waals surface area contributed by atoms with Crippen LogP contribution in [0.3, 0.4) is 0 Å². The Hall–Kier alpha value is -2.71. The van der Waals surface area contributed by atoms with Gasteiger partial charge in [0.1, 0.15) is 11.7 Å². The number of fused-ring (bicyclic) bond motifs is 1. The summed E-state index contributed by atoms with van der Waals surface area (Å²) in [5.74, 6) is -15.0. The highest BCUT2D eigenvalue weighted by atomic mass is 19.4. The summed E-state index contributed by atoms with van der Waals surface area (Å²) in [5, 5.41) is 19.3. The zero-order valence-electron chi connectivity index (χ0n) is 15.0. The fourth-order valence-corrected chi connectivity index (χ4v) is 3.47. The van der Waals surface area contributed by atoms with Crippen molar-refractivity contribution in [3.8, 4) is 0 Å². The zero-order valence-corrected chi connectivity index (χ0v) is 15.0. The van der Waals surface area contributed by atoms with Gasteiger partial charge in [-0.05, 0) is 17.7 Å². The topological polar surface area (TPSA) is 66.8 Å². The van der Waals surface area contributed by atoms with Gasteiger partial charge in [0.05, 0.1) is 23.1 Å². The summed E-state index contributed by atoms with van der Waals surface area (Å²) in [4.78, 5) is 16.2. The van der Waals surface area contributed by atoms with Gasteiger partial charge in [-0.2, -0.15) is 26.3 Å². The molecule has 2 aromatic rings. The molecule has 0 saturated heterocycles. The largest absolute Gasteiger partial charge is 0.422 e. The molecule has 0 spiro atoms. The Labute approximate surface area is 170 Å². The maximum absolute atomic E-state index is 14.3. The van der Waals surface area contributed by atoms with Gasteiger partial charge < -0.3 is 5.11 Å². The van der Waals surface area contributed by atoms with Crippen molar-refractivity contribution in [1.29, 1.82) is 0 Å². The van der Waals surface area contributed by atoms with Crippen LogP contribution >= 0.6 is 0 Å². The van der Waals surface area contributed by atoms with Gasteiger partial charge in [0.15, 0.2) is 29.1 Å². The second-order valence-corrected chi connectivity index (χ2v) is 6.70. The minimum Gasteiger partial charge on any atom is -0.388 e. The molecule has 3 atom stereocenters. The molecule has 3 rings (SSSR count). The van der Waals surface area contributed by atoms with E-state index >= 15 is 0 Å². The Morgan fingerprint density at radius 2 is 1.41 bits per heavy atom. The first-order valence-corrected chi connectivity index (χ1v) is 8.29. The van der Waals surface area contributed by atoms with Gasteiger partial charge in [-0.3, -0.25) is 10.1 Å². The molecule has 0 fully saturated rings. The Bertz CT molecular complexity index is 1060. The lowest BCUT2D eigenvalue weighted by atomic mass is 9.89. The van der Waals surface area contributed by atoms with Crippen molar-refractivity contribution in [2.75, 3.05) is 0 Å². The second-order valence-electron chi connectivity index (χ2n) is 6.70. The van der Waals surface area contributed by atoms with Crippen molar-refractivity contribution in [3.05, 3.63) is 69.3 Å². The number of carbonyl (C=O) groups excluding carboxylic acids is 1. The molecule has 2 aromatic carbocycles. The molecule has 174 valence electrons. The van der Waals surface area contributed by atoms with Crippen molar-refractivity contribution < 1.29 is 64.0 Å². The normalized spacial score (nSPS) is 19.9. The average molecular weight is 478 g/mol. The minimum atomic E-state index is -5.88. The smallest absolute Gasteiger partial charge is 0.388 e. The van der Waals surface area contributed by atoms with E-state index in [2.05, 4.69) is 4.89 Å². The van der Waals surface area contributed by atoms with Gasteiger partial charge in [-0.25, -0.2) is 22.4 Å². The molecule has 0 heterocycles. The predicted octanol–water partition coefficient (Wildman–Crippen LogP) is 5.36. The van der Waals surface area contributed by atoms with Crippen molar-refractivity contribution in [1.82, 2.24) is 0 Å². The average Bonchev–Trinajstić information content (AvgIpc) is 2.92. The SMILES string of the molecule is O=C1c2ccc(C(F)(F)F)cc2C(O)C1C(OO)c1c(F)c(F)c(C(F)(F)F)c(F)c1F. The van der Waals surface area contributed by atoms with Crippen molar-refractivity contribution >= 4 is 5.78 Å². The third-order valence-corrected chi connectivity index (χ3v) is 4.91. The lowest BCUT2D eigenvalue weighted by Crippen LogP contribution is -2.28. The summed E-state index contributed by atoms with van der Waals surface area (Å²) in [5.41, 5.74) is -7.62. The molecule has 14 heteroatoms. The molecular formula is C18H8F10O4. The molecule has 0 saturated carbocycles. The first-order valence-electron chi connectivity index (χ1n) is 8.29. The van der Waals surface area contributed by atoms with Crippen molar-refractivity contribution in [2.24, 2.45) is 5.92 Å². The van der Waals surface area contributed by atoms with Gasteiger partial charge >= 0.3 is 12.4 Å². The summed E-state index contributed by atoms with van der Waals surface area (Å²) in [6.45, 7) is 0. The number of alkyl halides is 6. The standard InChI is InChI=1S/C18H8F10O4/c19-10-7(11(20)13(22)9(12(10)21)18(26,27)28)16(32-31)8-14(29)5-2-1-4(17(23,24)25)3-6(5)15(8)30/h1-3,8,15-16,30-31H. The molecule has 0 aromatic heterocycles. The number of hydrogen-bond donors (Lipinski definition) is 2. The van der Waals surface area contributed by atoms with Gasteiger partial charge in [0.2, 0.25) is 0 Å². The minimum absolute atomic E-state index is 0.312. The van der Waals surface area contributed by atoms with Crippen molar-refractivity contribution in [2.45, 2.75) is 24.6 Å². The van der Waals surface area contributed by atoms with Crippen molar-refractivity contribution in [3.63, 3.8) is 0 Å². The van der Waals surface area contributed by atoms with E-state index in [1.807, 2.05) is 0 Å². The Morgan fingerprint density at radius 3 is 1.84 bits per heavy atom. The van der Waals surface area contributed by atoms with Crippen LogP contribution in [0.4, 0.5) is 43.9 Å². The van der Waals surface area contributed by atoms with E-state index in [0.717, 1.165) is 0 Å². The van der Waals surface area contributed by atoms with Crippen LogP contribution in [0.5, 0.6) is 0 Å². The molecule has 0 radical (unpaired) electrons. The van der Waals surface area contributed by atoms with Crippen LogP contribution < -0.4 is 0 Å². The molecule has 0 amide bonds. The number of aliphatic hydroxyl groups excluding tert-OH is 1. The molecular weight excluding hydrogens is 470 g/mol. The summed E-state index contributed by atoms with van der Waals surface area (Å²) >= 11 is 0. The number of halogens is 10. The van der Waals surface area contributed by atoms with E-state index in [1.165, 1.54) is 0 Å². The van der Waals surface area contributed by atoms with Crippen LogP contribution in [0.15, 0.2) is 18.2 Å². The number of ketones is 1. The Morgan fingerprint density at radius 1 is 0.875 bits per heavy atom. The fraction of sp³-hybridized carbons (Fsp3) is 0.278. The fourth-order valence-electron chi connectivity index (χ4n) is 3.47. The molecule has 1 aliphatic carbocycles. The first kappa shape index (κ1) is 23.9. The molecule has 3 unspecified atom stereocenters. The lowest BCUT2D eigenvalue weighted by Gasteiger charge is -2.24. The molecule has 1 aliphatic rings. The Balaban J connectivity index is 2.17. The van der Waals surface area contributed by atoms with E-state index in [4.69, 9.17) is 5.26 Å². The number of Topliss-reactive ketones (excluding diaryl/α,β-unsaturated/α-hetero) is 1. The maximum Gasteiger partial charge on any atom is 0.422 e. The van der Waals surface area contributed by atoms with E-state index in [1.54, 1.807) is 0 Å². The summed E-state index contributed by atoms with van der Waals surface area (Å²) in [7, 11) is 0. The number of benzene rings is 2. The van der Waals surface area contributed by atoms with E-state index in [0.29, 0.717) is 18.2 Å². The summed E-state index contributed by atoms with van der Waals surface area (Å²) in [6.07, 6.45) is -16.0. The van der Waals surface area contributed by atoms with Gasteiger partial charge in [0.25, 0.3) is 0 Å². The number of hydrogen-bond acceptors (Lipinski definition) is 4. The van der Waals surface area contributed by atoms with Gasteiger partial charge in [-0.1, -0.05) is 6.07 Å². The lowest BCUT2D eigenvalue weighted by molar-refractivity contribution is -0.295.